The van der Waals surface area contributed by atoms with Gasteiger partial charge in [-0.3, -0.25) is 9.78 Å². The Labute approximate surface area is 102 Å². The van der Waals surface area contributed by atoms with Crippen LogP contribution in [-0.2, 0) is 4.79 Å². The Bertz CT molecular complexity index is 407. The van der Waals surface area contributed by atoms with E-state index in [1.165, 1.54) is 0 Å². The number of carbonyl (C=O) groups is 1. The number of aromatic nitrogens is 2. The molecule has 1 aromatic heterocycles. The maximum absolute atomic E-state index is 10.8. The molecule has 1 unspecified atom stereocenters. The highest BCUT2D eigenvalue weighted by Gasteiger charge is 2.16. The molecule has 17 heavy (non-hydrogen) atoms. The van der Waals surface area contributed by atoms with Crippen molar-refractivity contribution in [2.24, 2.45) is 5.92 Å². The summed E-state index contributed by atoms with van der Waals surface area (Å²) in [7, 11) is 0. The van der Waals surface area contributed by atoms with Crippen LogP contribution in [0.3, 0.4) is 0 Å². The fourth-order valence-electron chi connectivity index (χ4n) is 1.48. The smallest absolute Gasteiger partial charge is 0.308 e. The van der Waals surface area contributed by atoms with Gasteiger partial charge in [-0.15, -0.1) is 0 Å². The summed E-state index contributed by atoms with van der Waals surface area (Å²) < 4.78 is 0. The van der Waals surface area contributed by atoms with Gasteiger partial charge in [0.05, 0.1) is 23.5 Å². The Hall–Kier alpha value is -1.65. The maximum Gasteiger partial charge on any atom is 0.308 e. The van der Waals surface area contributed by atoms with Gasteiger partial charge in [0.15, 0.2) is 0 Å². The molecule has 0 aliphatic rings. The summed E-state index contributed by atoms with van der Waals surface area (Å²) >= 11 is 0. The van der Waals surface area contributed by atoms with E-state index in [1.54, 1.807) is 13.1 Å². The van der Waals surface area contributed by atoms with Crippen LogP contribution in [0.2, 0.25) is 0 Å². The SMILES string of the molecule is CCN(CC(C)C(=O)O)c1cnc(C)c(C)n1. The first-order valence-corrected chi connectivity index (χ1v) is 5.73. The largest absolute Gasteiger partial charge is 0.481 e. The zero-order chi connectivity index (χ0) is 13.0. The molecule has 1 rings (SSSR count). The van der Waals surface area contributed by atoms with Crippen molar-refractivity contribution in [3.8, 4) is 0 Å². The molecular weight excluding hydrogens is 218 g/mol. The molecule has 0 amide bonds. The van der Waals surface area contributed by atoms with Crippen molar-refractivity contribution in [3.05, 3.63) is 17.6 Å². The van der Waals surface area contributed by atoms with Crippen LogP contribution < -0.4 is 4.90 Å². The number of carboxylic acid groups (broad SMARTS) is 1. The molecule has 0 aliphatic heterocycles. The fourth-order valence-corrected chi connectivity index (χ4v) is 1.48. The molecule has 1 atom stereocenters. The molecule has 0 saturated heterocycles. The lowest BCUT2D eigenvalue weighted by Crippen LogP contribution is -2.32. The summed E-state index contributed by atoms with van der Waals surface area (Å²) in [5, 5.41) is 8.91. The first-order chi connectivity index (χ1) is 7.95. The quantitative estimate of drug-likeness (QED) is 0.843. The van der Waals surface area contributed by atoms with Crippen LogP contribution in [0.15, 0.2) is 6.20 Å². The third-order valence-electron chi connectivity index (χ3n) is 2.80. The van der Waals surface area contributed by atoms with Crippen molar-refractivity contribution in [1.82, 2.24) is 9.97 Å². The maximum atomic E-state index is 10.8. The van der Waals surface area contributed by atoms with Crippen LogP contribution >= 0.6 is 0 Å². The molecule has 1 N–H and O–H groups in total. The minimum absolute atomic E-state index is 0.418. The Morgan fingerprint density at radius 3 is 2.59 bits per heavy atom. The van der Waals surface area contributed by atoms with Gasteiger partial charge in [0.25, 0.3) is 0 Å². The second-order valence-corrected chi connectivity index (χ2v) is 4.18. The topological polar surface area (TPSA) is 66.3 Å². The number of hydrogen-bond acceptors (Lipinski definition) is 4. The molecule has 0 bridgehead atoms. The Morgan fingerprint density at radius 1 is 1.47 bits per heavy atom. The number of nitrogens with zero attached hydrogens (tertiary/aromatic N) is 3. The number of carboxylic acids is 1. The number of rotatable bonds is 5. The summed E-state index contributed by atoms with van der Waals surface area (Å²) in [5.74, 6) is -0.470. The molecule has 0 aliphatic carbocycles. The molecule has 0 fully saturated rings. The van der Waals surface area contributed by atoms with E-state index < -0.39 is 11.9 Å². The van der Waals surface area contributed by atoms with Crippen molar-refractivity contribution in [2.45, 2.75) is 27.7 Å². The molecule has 0 aromatic carbocycles. The lowest BCUT2D eigenvalue weighted by molar-refractivity contribution is -0.140. The summed E-state index contributed by atoms with van der Waals surface area (Å²) in [6.07, 6.45) is 1.69. The standard InChI is InChI=1S/C12H19N3O2/c1-5-15(7-8(2)12(16)17)11-6-13-9(3)10(4)14-11/h6,8H,5,7H2,1-4H3,(H,16,17). The molecule has 0 saturated carbocycles. The number of anilines is 1. The van der Waals surface area contributed by atoms with Gasteiger partial charge in [0.1, 0.15) is 5.82 Å². The van der Waals surface area contributed by atoms with Gasteiger partial charge < -0.3 is 10.0 Å². The predicted octanol–water partition coefficient (Wildman–Crippen LogP) is 1.64. The van der Waals surface area contributed by atoms with E-state index in [9.17, 15) is 4.79 Å². The van der Waals surface area contributed by atoms with Gasteiger partial charge in [-0.2, -0.15) is 0 Å². The highest BCUT2D eigenvalue weighted by molar-refractivity contribution is 5.70. The van der Waals surface area contributed by atoms with Crippen molar-refractivity contribution in [2.75, 3.05) is 18.0 Å². The predicted molar refractivity (Wildman–Crippen MR) is 66.2 cm³/mol. The van der Waals surface area contributed by atoms with Crippen LogP contribution in [-0.4, -0.2) is 34.1 Å². The van der Waals surface area contributed by atoms with Crippen molar-refractivity contribution < 1.29 is 9.90 Å². The summed E-state index contributed by atoms with van der Waals surface area (Å²) in [5.41, 5.74) is 1.78. The monoisotopic (exact) mass is 237 g/mol. The molecule has 0 spiro atoms. The van der Waals surface area contributed by atoms with E-state index in [0.717, 1.165) is 23.8 Å². The van der Waals surface area contributed by atoms with Crippen LogP contribution in [0, 0.1) is 19.8 Å². The molecule has 5 heteroatoms. The third kappa shape index (κ3) is 3.41. The first kappa shape index (κ1) is 13.4. The van der Waals surface area contributed by atoms with Crippen LogP contribution in [0.25, 0.3) is 0 Å². The van der Waals surface area contributed by atoms with E-state index in [4.69, 9.17) is 5.11 Å². The Kier molecular flexibility index (Phi) is 4.43. The van der Waals surface area contributed by atoms with E-state index in [2.05, 4.69) is 9.97 Å². The molecule has 94 valence electrons. The molecule has 0 radical (unpaired) electrons. The summed E-state index contributed by atoms with van der Waals surface area (Å²) in [6, 6.07) is 0. The van der Waals surface area contributed by atoms with Crippen molar-refractivity contribution in [3.63, 3.8) is 0 Å². The van der Waals surface area contributed by atoms with Gasteiger partial charge >= 0.3 is 5.97 Å². The van der Waals surface area contributed by atoms with Gasteiger partial charge in [-0.05, 0) is 20.8 Å². The number of hydrogen-bond donors (Lipinski definition) is 1. The van der Waals surface area contributed by atoms with Gasteiger partial charge in [0, 0.05) is 13.1 Å². The average molecular weight is 237 g/mol. The van der Waals surface area contributed by atoms with Crippen LogP contribution in [0.1, 0.15) is 25.2 Å². The average Bonchev–Trinajstić information content (AvgIpc) is 2.29. The van der Waals surface area contributed by atoms with E-state index in [0.29, 0.717) is 6.54 Å². The second-order valence-electron chi connectivity index (χ2n) is 4.18. The molecular formula is C12H19N3O2. The van der Waals surface area contributed by atoms with Gasteiger partial charge in [-0.25, -0.2) is 4.98 Å². The Morgan fingerprint density at radius 2 is 2.12 bits per heavy atom. The highest BCUT2D eigenvalue weighted by atomic mass is 16.4. The zero-order valence-electron chi connectivity index (χ0n) is 10.8. The minimum atomic E-state index is -0.791. The normalized spacial score (nSPS) is 12.2. The lowest BCUT2D eigenvalue weighted by atomic mass is 10.1. The minimum Gasteiger partial charge on any atom is -0.481 e. The highest BCUT2D eigenvalue weighted by Crippen LogP contribution is 2.13. The van der Waals surface area contributed by atoms with E-state index in [-0.39, 0.29) is 0 Å². The molecule has 5 nitrogen and oxygen atoms in total. The second kappa shape index (κ2) is 5.61. The van der Waals surface area contributed by atoms with Crippen LogP contribution in [0.5, 0.6) is 0 Å². The van der Waals surface area contributed by atoms with E-state index in [1.807, 2.05) is 25.7 Å². The van der Waals surface area contributed by atoms with Crippen molar-refractivity contribution in [1.29, 1.82) is 0 Å². The van der Waals surface area contributed by atoms with Crippen molar-refractivity contribution >= 4 is 11.8 Å². The Balaban J connectivity index is 2.86. The zero-order valence-corrected chi connectivity index (χ0v) is 10.8. The molecule has 1 heterocycles. The summed E-state index contributed by atoms with van der Waals surface area (Å²) in [4.78, 5) is 21.4. The van der Waals surface area contributed by atoms with Gasteiger partial charge in [-0.1, -0.05) is 6.92 Å². The molecule has 1 aromatic rings. The first-order valence-electron chi connectivity index (χ1n) is 5.73. The van der Waals surface area contributed by atoms with Gasteiger partial charge in [0.2, 0.25) is 0 Å². The van der Waals surface area contributed by atoms with Crippen LogP contribution in [0.4, 0.5) is 5.82 Å². The summed E-state index contributed by atoms with van der Waals surface area (Å²) in [6.45, 7) is 8.64. The number of aliphatic carboxylic acids is 1. The lowest BCUT2D eigenvalue weighted by Gasteiger charge is -2.24. The third-order valence-corrected chi connectivity index (χ3v) is 2.80. The fraction of sp³-hybridized carbons (Fsp3) is 0.583. The number of aryl methyl sites for hydroxylation is 2. The van der Waals surface area contributed by atoms with E-state index >= 15 is 0 Å².